The summed E-state index contributed by atoms with van der Waals surface area (Å²) in [5.74, 6) is 0.545. The molecule has 0 bridgehead atoms. The maximum absolute atomic E-state index is 12.5. The number of rotatable bonds is 7. The van der Waals surface area contributed by atoms with E-state index in [1.165, 1.54) is 0 Å². The number of aromatic nitrogens is 3. The Morgan fingerprint density at radius 3 is 2.76 bits per heavy atom. The smallest absolute Gasteiger partial charge is 0.239 e. The number of pyridine rings is 1. The Labute approximate surface area is 148 Å². The number of anilines is 1. The fraction of sp³-hybridized carbons (Fsp3) is 0.500. The quantitative estimate of drug-likeness (QED) is 0.799. The third-order valence-corrected chi connectivity index (χ3v) is 3.65. The third kappa shape index (κ3) is 5.65. The molecule has 0 atom stereocenters. The molecule has 7 heteroatoms. The maximum Gasteiger partial charge on any atom is 0.239 e. The molecule has 0 saturated heterocycles. The van der Waals surface area contributed by atoms with Gasteiger partial charge in [-0.2, -0.15) is 5.10 Å². The molecule has 2 aromatic rings. The number of aryl methyl sites for hydroxylation is 1. The lowest BCUT2D eigenvalue weighted by Gasteiger charge is -2.24. The van der Waals surface area contributed by atoms with E-state index in [1.807, 2.05) is 55.5 Å². The van der Waals surface area contributed by atoms with Crippen LogP contribution in [-0.2, 0) is 16.9 Å². The Bertz CT molecular complexity index is 691. The number of nitrogens with one attached hydrogen (secondary N) is 1. The van der Waals surface area contributed by atoms with Crippen LogP contribution in [0.15, 0.2) is 30.6 Å². The number of amides is 1. The Hall–Kier alpha value is -2.25. The second-order valence-corrected chi connectivity index (χ2v) is 7.10. The van der Waals surface area contributed by atoms with Crippen molar-refractivity contribution in [1.82, 2.24) is 19.7 Å². The van der Waals surface area contributed by atoms with Crippen molar-refractivity contribution in [3.8, 4) is 0 Å². The Balaban J connectivity index is 2.04. The minimum absolute atomic E-state index is 0.00737. The average Bonchev–Trinajstić information content (AvgIpc) is 2.89. The zero-order valence-electron chi connectivity index (χ0n) is 15.4. The zero-order valence-corrected chi connectivity index (χ0v) is 15.4. The molecule has 0 aromatic carbocycles. The van der Waals surface area contributed by atoms with Crippen LogP contribution in [0.25, 0.3) is 0 Å². The first kappa shape index (κ1) is 19.1. The van der Waals surface area contributed by atoms with Crippen molar-refractivity contribution in [1.29, 1.82) is 0 Å². The van der Waals surface area contributed by atoms with Crippen molar-refractivity contribution in [3.63, 3.8) is 0 Å². The van der Waals surface area contributed by atoms with Crippen LogP contribution in [0, 0.1) is 6.92 Å². The van der Waals surface area contributed by atoms with Gasteiger partial charge in [0.05, 0.1) is 24.4 Å². The van der Waals surface area contributed by atoms with Crippen molar-refractivity contribution >= 4 is 11.7 Å². The molecular formula is C18H27N5O2. The van der Waals surface area contributed by atoms with Crippen LogP contribution in [0.3, 0.4) is 0 Å². The number of hydrogen-bond acceptors (Lipinski definition) is 5. The fourth-order valence-corrected chi connectivity index (χ4v) is 2.59. The van der Waals surface area contributed by atoms with E-state index in [0.29, 0.717) is 18.9 Å². The number of aliphatic hydroxyl groups excluding tert-OH is 1. The summed E-state index contributed by atoms with van der Waals surface area (Å²) in [6, 6.07) is 5.67. The van der Waals surface area contributed by atoms with E-state index in [0.717, 1.165) is 11.3 Å². The summed E-state index contributed by atoms with van der Waals surface area (Å²) in [7, 11) is 0. The van der Waals surface area contributed by atoms with E-state index in [-0.39, 0.29) is 24.6 Å². The molecule has 1 amide bonds. The highest BCUT2D eigenvalue weighted by atomic mass is 16.3. The van der Waals surface area contributed by atoms with Crippen molar-refractivity contribution in [2.24, 2.45) is 0 Å². The largest absolute Gasteiger partial charge is 0.395 e. The maximum atomic E-state index is 12.5. The lowest BCUT2D eigenvalue weighted by molar-refractivity contribution is -0.117. The summed E-state index contributed by atoms with van der Waals surface area (Å²) in [4.78, 5) is 18.5. The highest BCUT2D eigenvalue weighted by molar-refractivity contribution is 5.91. The topological polar surface area (TPSA) is 83.3 Å². The molecule has 25 heavy (non-hydrogen) atoms. The van der Waals surface area contributed by atoms with Gasteiger partial charge in [0.25, 0.3) is 0 Å². The first-order valence-corrected chi connectivity index (χ1v) is 8.38. The number of carbonyl (C=O) groups excluding carboxylic acids is 1. The molecule has 0 unspecified atom stereocenters. The number of hydrogen-bond donors (Lipinski definition) is 2. The van der Waals surface area contributed by atoms with Crippen LogP contribution in [0.2, 0.25) is 0 Å². The predicted octanol–water partition coefficient (Wildman–Crippen LogP) is 1.77. The monoisotopic (exact) mass is 345 g/mol. The summed E-state index contributed by atoms with van der Waals surface area (Å²) >= 11 is 0. The fourth-order valence-electron chi connectivity index (χ4n) is 2.59. The number of aliphatic hydroxyl groups is 1. The van der Waals surface area contributed by atoms with Crippen LogP contribution < -0.4 is 5.32 Å². The molecule has 136 valence electrons. The van der Waals surface area contributed by atoms with Gasteiger partial charge in [-0.3, -0.25) is 14.7 Å². The van der Waals surface area contributed by atoms with Crippen molar-refractivity contribution < 1.29 is 9.90 Å². The molecule has 2 aromatic heterocycles. The van der Waals surface area contributed by atoms with E-state index < -0.39 is 0 Å². The Morgan fingerprint density at radius 2 is 2.16 bits per heavy atom. The first-order chi connectivity index (χ1) is 11.8. The standard InChI is InChI=1S/C18H27N5O2/c1-14-10-16(23(21-14)18(2,3)4)20-17(25)13-22(8-9-24)12-15-6-5-7-19-11-15/h5-7,10-11,24H,8-9,12-13H2,1-4H3,(H,20,25). The summed E-state index contributed by atoms with van der Waals surface area (Å²) in [6.07, 6.45) is 3.48. The normalized spacial score (nSPS) is 11.8. The predicted molar refractivity (Wildman–Crippen MR) is 97.2 cm³/mol. The van der Waals surface area contributed by atoms with Crippen LogP contribution >= 0.6 is 0 Å². The minimum Gasteiger partial charge on any atom is -0.395 e. The van der Waals surface area contributed by atoms with Crippen LogP contribution in [0.4, 0.5) is 5.82 Å². The molecule has 0 aliphatic heterocycles. The SMILES string of the molecule is Cc1cc(NC(=O)CN(CCO)Cc2cccnc2)n(C(C)(C)C)n1. The lowest BCUT2D eigenvalue weighted by atomic mass is 10.1. The van der Waals surface area contributed by atoms with Crippen molar-refractivity contribution in [2.75, 3.05) is 25.0 Å². The first-order valence-electron chi connectivity index (χ1n) is 8.38. The summed E-state index contributed by atoms with van der Waals surface area (Å²) in [5, 5.41) is 16.7. The van der Waals surface area contributed by atoms with E-state index in [9.17, 15) is 9.90 Å². The molecule has 7 nitrogen and oxygen atoms in total. The second-order valence-electron chi connectivity index (χ2n) is 7.10. The zero-order chi connectivity index (χ0) is 18.4. The van der Waals surface area contributed by atoms with Gasteiger partial charge < -0.3 is 10.4 Å². The highest BCUT2D eigenvalue weighted by Gasteiger charge is 2.20. The Morgan fingerprint density at radius 1 is 1.40 bits per heavy atom. The Kier molecular flexibility index (Phi) is 6.27. The number of carbonyl (C=O) groups is 1. The van der Waals surface area contributed by atoms with Gasteiger partial charge >= 0.3 is 0 Å². The van der Waals surface area contributed by atoms with Gasteiger partial charge in [-0.1, -0.05) is 6.07 Å². The van der Waals surface area contributed by atoms with E-state index in [4.69, 9.17) is 0 Å². The minimum atomic E-state index is -0.225. The van der Waals surface area contributed by atoms with Crippen molar-refractivity contribution in [3.05, 3.63) is 41.9 Å². The van der Waals surface area contributed by atoms with E-state index >= 15 is 0 Å². The number of nitrogens with zero attached hydrogens (tertiary/aromatic N) is 4. The highest BCUT2D eigenvalue weighted by Crippen LogP contribution is 2.21. The summed E-state index contributed by atoms with van der Waals surface area (Å²) < 4.78 is 1.82. The van der Waals surface area contributed by atoms with Crippen LogP contribution in [0.1, 0.15) is 32.0 Å². The van der Waals surface area contributed by atoms with Gasteiger partial charge in [-0.15, -0.1) is 0 Å². The third-order valence-electron chi connectivity index (χ3n) is 3.65. The molecule has 0 saturated carbocycles. The molecule has 0 fully saturated rings. The van der Waals surface area contributed by atoms with Gasteiger partial charge in [-0.25, -0.2) is 4.68 Å². The van der Waals surface area contributed by atoms with Gasteiger partial charge in [0.1, 0.15) is 5.82 Å². The molecule has 0 spiro atoms. The second kappa shape index (κ2) is 8.22. The molecular weight excluding hydrogens is 318 g/mol. The lowest BCUT2D eigenvalue weighted by Crippen LogP contribution is -2.36. The van der Waals surface area contributed by atoms with Gasteiger partial charge in [0.15, 0.2) is 0 Å². The van der Waals surface area contributed by atoms with Gasteiger partial charge in [0.2, 0.25) is 5.91 Å². The molecule has 0 radical (unpaired) electrons. The molecule has 2 heterocycles. The van der Waals surface area contributed by atoms with Gasteiger partial charge in [-0.05, 0) is 39.3 Å². The van der Waals surface area contributed by atoms with Crippen LogP contribution in [-0.4, -0.2) is 50.4 Å². The molecule has 2 rings (SSSR count). The van der Waals surface area contributed by atoms with E-state index in [2.05, 4.69) is 15.4 Å². The molecule has 0 aliphatic carbocycles. The molecule has 0 aliphatic rings. The van der Waals surface area contributed by atoms with E-state index in [1.54, 1.807) is 12.4 Å². The molecule has 2 N–H and O–H groups in total. The van der Waals surface area contributed by atoms with Gasteiger partial charge in [0, 0.05) is 31.5 Å². The average molecular weight is 345 g/mol. The summed E-state index contributed by atoms with van der Waals surface area (Å²) in [6.45, 7) is 9.16. The van der Waals surface area contributed by atoms with Crippen molar-refractivity contribution in [2.45, 2.75) is 39.8 Å². The summed E-state index contributed by atoms with van der Waals surface area (Å²) in [5.41, 5.74) is 1.63. The van der Waals surface area contributed by atoms with Crippen LogP contribution in [0.5, 0.6) is 0 Å².